The Kier molecular flexibility index (Phi) is 10.2. The maximum atomic E-state index is 15.2. The fourth-order valence-corrected chi connectivity index (χ4v) is 6.18. The van der Waals surface area contributed by atoms with E-state index >= 15 is 4.39 Å². The van der Waals surface area contributed by atoms with Crippen LogP contribution in [0.15, 0.2) is 36.7 Å². The van der Waals surface area contributed by atoms with E-state index in [2.05, 4.69) is 10.3 Å². The van der Waals surface area contributed by atoms with Gasteiger partial charge < -0.3 is 19.5 Å². The van der Waals surface area contributed by atoms with Crippen molar-refractivity contribution in [1.82, 2.24) is 9.88 Å². The number of hydrogen-bond donors (Lipinski definition) is 1. The molecule has 0 saturated carbocycles. The molecule has 0 spiro atoms. The van der Waals surface area contributed by atoms with Crippen LogP contribution in [0.3, 0.4) is 0 Å². The maximum Gasteiger partial charge on any atom is 0.412 e. The molecule has 2 aromatic rings. The molecule has 0 aliphatic carbocycles. The molecule has 2 saturated heterocycles. The fourth-order valence-electron chi connectivity index (χ4n) is 6.05. The number of ether oxygens (including phenoxy) is 3. The molecule has 42 heavy (non-hydrogen) atoms. The quantitative estimate of drug-likeness (QED) is 0.351. The third-order valence-corrected chi connectivity index (χ3v) is 8.39. The van der Waals surface area contributed by atoms with Crippen molar-refractivity contribution in [2.75, 3.05) is 25.1 Å². The largest absolute Gasteiger partial charge is 0.444 e. The van der Waals surface area contributed by atoms with E-state index in [4.69, 9.17) is 25.8 Å². The zero-order valence-corrected chi connectivity index (χ0v) is 26.2. The van der Waals surface area contributed by atoms with Crippen molar-refractivity contribution in [3.63, 3.8) is 0 Å². The summed E-state index contributed by atoms with van der Waals surface area (Å²) >= 11 is 6.15. The van der Waals surface area contributed by atoms with E-state index < -0.39 is 29.2 Å². The van der Waals surface area contributed by atoms with Crippen LogP contribution in [-0.2, 0) is 25.4 Å². The Morgan fingerprint density at radius 2 is 1.86 bits per heavy atom. The number of benzene rings is 1. The van der Waals surface area contributed by atoms with Gasteiger partial charge in [0.15, 0.2) is 0 Å². The summed E-state index contributed by atoms with van der Waals surface area (Å²) in [6.07, 6.45) is 4.54. The number of hydrogen-bond acceptors (Lipinski definition) is 6. The standard InChI is InChI=1S/C32H43ClFN3O5/c1-20(28(22-13-15-40-16-14-22)21-7-9-23(33)10-8-21)29(38)36-27-18-35-17-26(34)25(27)12-11-24-19-41-32(5,6)37(24)30(39)42-31(2,3)4/h7-10,17-18,20,22,24,28H,11-16,19H2,1-6H3,(H,36,38)/t20-,24-,28-/m0/s1. The monoisotopic (exact) mass is 603 g/mol. The molecule has 0 bridgehead atoms. The lowest BCUT2D eigenvalue weighted by molar-refractivity contribution is -0.120. The average molecular weight is 604 g/mol. The predicted octanol–water partition coefficient (Wildman–Crippen LogP) is 6.96. The van der Waals surface area contributed by atoms with Crippen LogP contribution >= 0.6 is 11.6 Å². The van der Waals surface area contributed by atoms with Gasteiger partial charge in [0.2, 0.25) is 5.91 Å². The minimum atomic E-state index is -0.864. The van der Waals surface area contributed by atoms with Gasteiger partial charge in [-0.15, -0.1) is 0 Å². The first kappa shape index (κ1) is 32.2. The Labute approximate surface area is 253 Å². The molecule has 0 radical (unpaired) electrons. The van der Waals surface area contributed by atoms with Gasteiger partial charge in [-0.1, -0.05) is 30.7 Å². The van der Waals surface area contributed by atoms with Crippen molar-refractivity contribution in [2.24, 2.45) is 11.8 Å². The van der Waals surface area contributed by atoms with Crippen molar-refractivity contribution in [1.29, 1.82) is 0 Å². The van der Waals surface area contributed by atoms with Gasteiger partial charge in [0.25, 0.3) is 0 Å². The molecule has 1 aromatic heterocycles. The van der Waals surface area contributed by atoms with Gasteiger partial charge in [0, 0.05) is 29.7 Å². The van der Waals surface area contributed by atoms with E-state index in [1.54, 1.807) is 4.90 Å². The second-order valence-corrected chi connectivity index (χ2v) is 13.2. The van der Waals surface area contributed by atoms with Gasteiger partial charge in [-0.25, -0.2) is 9.18 Å². The molecule has 3 heterocycles. The van der Waals surface area contributed by atoms with Crippen LogP contribution in [0, 0.1) is 17.7 Å². The number of carbonyl (C=O) groups excluding carboxylic acids is 2. The highest BCUT2D eigenvalue weighted by atomic mass is 35.5. The zero-order valence-electron chi connectivity index (χ0n) is 25.4. The van der Waals surface area contributed by atoms with Crippen LogP contribution in [0.1, 0.15) is 77.8 Å². The fraction of sp³-hybridized carbons (Fsp3) is 0.594. The van der Waals surface area contributed by atoms with Crippen molar-refractivity contribution in [2.45, 2.75) is 90.5 Å². The number of pyridine rings is 1. The van der Waals surface area contributed by atoms with Gasteiger partial charge in [-0.2, -0.15) is 0 Å². The van der Waals surface area contributed by atoms with Gasteiger partial charge in [-0.05, 0) is 89.8 Å². The topological polar surface area (TPSA) is 90.0 Å². The summed E-state index contributed by atoms with van der Waals surface area (Å²) in [4.78, 5) is 32.4. The smallest absolute Gasteiger partial charge is 0.412 e. The van der Waals surface area contributed by atoms with Crippen LogP contribution in [-0.4, -0.2) is 59.1 Å². The number of carbonyl (C=O) groups is 2. The second kappa shape index (κ2) is 13.3. The molecule has 8 nitrogen and oxygen atoms in total. The van der Waals surface area contributed by atoms with Crippen molar-refractivity contribution < 1.29 is 28.2 Å². The summed E-state index contributed by atoms with van der Waals surface area (Å²) in [6.45, 7) is 12.6. The normalized spacial score (nSPS) is 20.7. The summed E-state index contributed by atoms with van der Waals surface area (Å²) < 4.78 is 32.3. The number of amides is 2. The molecule has 2 aliphatic rings. The second-order valence-electron chi connectivity index (χ2n) is 12.8. The molecular formula is C32H43ClFN3O5. The number of nitrogens with one attached hydrogen (secondary N) is 1. The van der Waals surface area contributed by atoms with E-state index in [1.807, 2.05) is 65.8 Å². The summed E-state index contributed by atoms with van der Waals surface area (Å²) in [5, 5.41) is 3.61. The Balaban J connectivity index is 1.51. The zero-order chi connectivity index (χ0) is 30.7. The number of rotatable bonds is 8. The van der Waals surface area contributed by atoms with E-state index in [-0.39, 0.29) is 30.2 Å². The molecule has 3 atom stereocenters. The van der Waals surface area contributed by atoms with Crippen LogP contribution in [0.4, 0.5) is 14.9 Å². The Bertz CT molecular complexity index is 1240. The van der Waals surface area contributed by atoms with Gasteiger partial charge in [-0.3, -0.25) is 14.7 Å². The molecule has 2 fully saturated rings. The van der Waals surface area contributed by atoms with Gasteiger partial charge in [0.05, 0.1) is 30.7 Å². The first-order chi connectivity index (χ1) is 19.8. The molecule has 1 aromatic carbocycles. The molecule has 1 N–H and O–H groups in total. The van der Waals surface area contributed by atoms with Crippen LogP contribution < -0.4 is 5.32 Å². The molecule has 230 valence electrons. The lowest BCUT2D eigenvalue weighted by atomic mass is 9.74. The number of halogens is 2. The third kappa shape index (κ3) is 7.79. The van der Waals surface area contributed by atoms with Crippen molar-refractivity contribution in [3.05, 3.63) is 58.6 Å². The number of aromatic nitrogens is 1. The molecule has 2 amide bonds. The molecule has 10 heteroatoms. The van der Waals surface area contributed by atoms with Crippen LogP contribution in [0.5, 0.6) is 0 Å². The van der Waals surface area contributed by atoms with Crippen LogP contribution in [0.2, 0.25) is 5.02 Å². The first-order valence-corrected chi connectivity index (χ1v) is 15.1. The summed E-state index contributed by atoms with van der Waals surface area (Å²) in [7, 11) is 0. The average Bonchev–Trinajstić information content (AvgIpc) is 3.23. The van der Waals surface area contributed by atoms with E-state index in [0.717, 1.165) is 24.6 Å². The highest BCUT2D eigenvalue weighted by Gasteiger charge is 2.45. The Hall–Kier alpha value is -2.75. The highest BCUT2D eigenvalue weighted by Crippen LogP contribution is 2.39. The SMILES string of the molecule is C[C@H](C(=O)Nc1cncc(F)c1CC[C@H]1COC(C)(C)N1C(=O)OC(C)(C)C)[C@@H](c1ccc(Cl)cc1)C1CCOCC1. The summed E-state index contributed by atoms with van der Waals surface area (Å²) in [5.41, 5.74) is 0.180. The highest BCUT2D eigenvalue weighted by molar-refractivity contribution is 6.30. The van der Waals surface area contributed by atoms with Crippen molar-refractivity contribution in [3.8, 4) is 0 Å². The van der Waals surface area contributed by atoms with E-state index in [0.29, 0.717) is 42.5 Å². The maximum absolute atomic E-state index is 15.2. The molecular weight excluding hydrogens is 561 g/mol. The minimum Gasteiger partial charge on any atom is -0.444 e. The molecule has 4 rings (SSSR count). The Morgan fingerprint density at radius 1 is 1.19 bits per heavy atom. The first-order valence-electron chi connectivity index (χ1n) is 14.7. The third-order valence-electron chi connectivity index (χ3n) is 8.14. The van der Waals surface area contributed by atoms with E-state index in [9.17, 15) is 9.59 Å². The van der Waals surface area contributed by atoms with Crippen molar-refractivity contribution >= 4 is 29.3 Å². The summed E-state index contributed by atoms with van der Waals surface area (Å²) in [6, 6.07) is 7.31. The van der Waals surface area contributed by atoms with E-state index in [1.165, 1.54) is 6.20 Å². The molecule has 2 aliphatic heterocycles. The lowest BCUT2D eigenvalue weighted by Crippen LogP contribution is -2.50. The number of anilines is 1. The van der Waals surface area contributed by atoms with Gasteiger partial charge in [0.1, 0.15) is 17.1 Å². The number of nitrogens with zero attached hydrogens (tertiary/aromatic N) is 2. The minimum absolute atomic E-state index is 0.0589. The van der Waals surface area contributed by atoms with Gasteiger partial charge >= 0.3 is 6.09 Å². The predicted molar refractivity (Wildman–Crippen MR) is 160 cm³/mol. The molecule has 0 unspecified atom stereocenters. The Morgan fingerprint density at radius 3 is 2.50 bits per heavy atom. The summed E-state index contributed by atoms with van der Waals surface area (Å²) in [5.74, 6) is -0.930. The lowest BCUT2D eigenvalue weighted by Gasteiger charge is -2.35. The van der Waals surface area contributed by atoms with Crippen LogP contribution in [0.25, 0.3) is 0 Å².